The van der Waals surface area contributed by atoms with E-state index in [0.717, 1.165) is 15.1 Å². The molecule has 0 aliphatic heterocycles. The molecule has 2 heterocycles. The number of hydrogen-bond donors (Lipinski definition) is 2. The van der Waals surface area contributed by atoms with Gasteiger partial charge in [0.2, 0.25) is 0 Å². The average molecular weight is 415 g/mol. The van der Waals surface area contributed by atoms with Gasteiger partial charge in [0.25, 0.3) is 10.0 Å². The maximum atomic E-state index is 12.4. The van der Waals surface area contributed by atoms with Gasteiger partial charge in [-0.3, -0.25) is 4.72 Å². The van der Waals surface area contributed by atoms with Crippen LogP contribution in [-0.2, 0) is 10.0 Å². The Kier molecular flexibility index (Phi) is 4.13. The molecule has 10 heteroatoms. The number of sulfonamides is 1. The Hall–Kier alpha value is -1.91. The van der Waals surface area contributed by atoms with Crippen LogP contribution in [0, 0.1) is 6.92 Å². The SMILES string of the molecule is Cc1c(NS(=O)(=O)c2ccc(Br)s2)cccc1-n1cn[nH]c1=O. The summed E-state index contributed by atoms with van der Waals surface area (Å²) in [6.45, 7) is 1.73. The van der Waals surface area contributed by atoms with Crippen molar-refractivity contribution in [2.75, 3.05) is 4.72 Å². The Bertz CT molecular complexity index is 1020. The third kappa shape index (κ3) is 3.09. The zero-order valence-corrected chi connectivity index (χ0v) is 15.0. The molecule has 0 spiro atoms. The number of halogens is 1. The number of aromatic nitrogens is 3. The zero-order chi connectivity index (χ0) is 16.6. The topological polar surface area (TPSA) is 96.8 Å². The van der Waals surface area contributed by atoms with E-state index in [2.05, 4.69) is 30.8 Å². The molecule has 0 bridgehead atoms. The van der Waals surface area contributed by atoms with E-state index in [1.807, 2.05) is 0 Å². The predicted molar refractivity (Wildman–Crippen MR) is 91.7 cm³/mol. The summed E-state index contributed by atoms with van der Waals surface area (Å²) in [7, 11) is -3.68. The van der Waals surface area contributed by atoms with Gasteiger partial charge in [-0.2, -0.15) is 5.10 Å². The first kappa shape index (κ1) is 16.0. The monoisotopic (exact) mass is 414 g/mol. The maximum Gasteiger partial charge on any atom is 0.347 e. The van der Waals surface area contributed by atoms with Gasteiger partial charge < -0.3 is 0 Å². The van der Waals surface area contributed by atoms with Crippen molar-refractivity contribution in [2.24, 2.45) is 0 Å². The van der Waals surface area contributed by atoms with E-state index in [-0.39, 0.29) is 4.21 Å². The number of thiophene rings is 1. The van der Waals surface area contributed by atoms with Crippen LogP contribution in [0.4, 0.5) is 5.69 Å². The molecule has 0 saturated heterocycles. The minimum atomic E-state index is -3.68. The first-order valence-electron chi connectivity index (χ1n) is 6.38. The van der Waals surface area contributed by atoms with Gasteiger partial charge in [0.1, 0.15) is 10.5 Å². The molecule has 0 aliphatic rings. The molecule has 0 atom stereocenters. The molecular formula is C13H11BrN4O3S2. The van der Waals surface area contributed by atoms with Crippen molar-refractivity contribution in [1.82, 2.24) is 14.8 Å². The Morgan fingerprint density at radius 1 is 1.30 bits per heavy atom. The molecule has 0 radical (unpaired) electrons. The summed E-state index contributed by atoms with van der Waals surface area (Å²) in [5, 5.41) is 5.98. The van der Waals surface area contributed by atoms with E-state index >= 15 is 0 Å². The fourth-order valence-corrected chi connectivity index (χ4v) is 5.18. The minimum absolute atomic E-state index is 0.203. The molecule has 2 N–H and O–H groups in total. The molecule has 0 saturated carbocycles. The van der Waals surface area contributed by atoms with Crippen LogP contribution in [0.2, 0.25) is 0 Å². The van der Waals surface area contributed by atoms with Crippen molar-refractivity contribution in [3.05, 3.63) is 56.5 Å². The fourth-order valence-electron chi connectivity index (χ4n) is 2.05. The van der Waals surface area contributed by atoms with Crippen LogP contribution in [-0.4, -0.2) is 23.2 Å². The lowest BCUT2D eigenvalue weighted by Gasteiger charge is -2.12. The minimum Gasteiger partial charge on any atom is -0.279 e. The van der Waals surface area contributed by atoms with Gasteiger partial charge in [-0.25, -0.2) is 22.9 Å². The Morgan fingerprint density at radius 3 is 2.70 bits per heavy atom. The number of nitrogens with one attached hydrogen (secondary N) is 2. The van der Waals surface area contributed by atoms with Gasteiger partial charge in [0.05, 0.1) is 15.2 Å². The van der Waals surface area contributed by atoms with E-state index in [1.165, 1.54) is 17.0 Å². The second-order valence-corrected chi connectivity index (χ2v) is 9.02. The van der Waals surface area contributed by atoms with Gasteiger partial charge in [-0.1, -0.05) is 6.07 Å². The van der Waals surface area contributed by atoms with E-state index < -0.39 is 15.7 Å². The first-order chi connectivity index (χ1) is 10.9. The van der Waals surface area contributed by atoms with Gasteiger partial charge >= 0.3 is 5.69 Å². The molecule has 2 aromatic heterocycles. The molecule has 0 unspecified atom stereocenters. The average Bonchev–Trinajstić information content (AvgIpc) is 3.10. The lowest BCUT2D eigenvalue weighted by atomic mass is 10.1. The van der Waals surface area contributed by atoms with Crippen molar-refractivity contribution in [3.8, 4) is 5.69 Å². The number of rotatable bonds is 4. The normalized spacial score (nSPS) is 11.6. The number of benzene rings is 1. The molecule has 0 amide bonds. The summed E-state index contributed by atoms with van der Waals surface area (Å²) in [6.07, 6.45) is 1.35. The van der Waals surface area contributed by atoms with E-state index in [1.54, 1.807) is 31.2 Å². The van der Waals surface area contributed by atoms with Gasteiger partial charge in [-0.15, -0.1) is 11.3 Å². The van der Waals surface area contributed by atoms with Crippen molar-refractivity contribution in [3.63, 3.8) is 0 Å². The van der Waals surface area contributed by atoms with E-state index in [9.17, 15) is 13.2 Å². The smallest absolute Gasteiger partial charge is 0.279 e. The summed E-state index contributed by atoms with van der Waals surface area (Å²) < 4.78 is 29.6. The van der Waals surface area contributed by atoms with Crippen molar-refractivity contribution in [1.29, 1.82) is 0 Å². The van der Waals surface area contributed by atoms with Crippen LogP contribution in [0.1, 0.15) is 5.56 Å². The first-order valence-corrected chi connectivity index (χ1v) is 9.48. The standard InChI is InChI=1S/C13H11BrN4O3S2/c1-8-9(17-23(20,21)12-6-5-11(14)22-12)3-2-4-10(8)18-7-15-16-13(18)19/h2-7,17H,1H3,(H,16,19). The molecule has 1 aromatic carbocycles. The third-order valence-electron chi connectivity index (χ3n) is 3.17. The second kappa shape index (κ2) is 5.95. The zero-order valence-electron chi connectivity index (χ0n) is 11.8. The van der Waals surface area contributed by atoms with Crippen molar-refractivity contribution in [2.45, 2.75) is 11.1 Å². The quantitative estimate of drug-likeness (QED) is 0.684. The Labute approximate surface area is 144 Å². The molecule has 3 aromatic rings. The largest absolute Gasteiger partial charge is 0.347 e. The molecule has 0 aliphatic carbocycles. The lowest BCUT2D eigenvalue weighted by molar-refractivity contribution is 0.603. The fraction of sp³-hybridized carbons (Fsp3) is 0.0769. The molecule has 7 nitrogen and oxygen atoms in total. The number of nitrogens with zero attached hydrogens (tertiary/aromatic N) is 2. The summed E-state index contributed by atoms with van der Waals surface area (Å²) in [5.41, 5.74) is 1.18. The van der Waals surface area contributed by atoms with E-state index in [4.69, 9.17) is 0 Å². The van der Waals surface area contributed by atoms with Crippen LogP contribution in [0.5, 0.6) is 0 Å². The maximum absolute atomic E-state index is 12.4. The molecular weight excluding hydrogens is 404 g/mol. The van der Waals surface area contributed by atoms with Crippen LogP contribution in [0.3, 0.4) is 0 Å². The number of hydrogen-bond acceptors (Lipinski definition) is 5. The van der Waals surface area contributed by atoms with Crippen molar-refractivity contribution >= 4 is 43.0 Å². The number of aromatic amines is 1. The lowest BCUT2D eigenvalue weighted by Crippen LogP contribution is -2.17. The molecule has 120 valence electrons. The highest BCUT2D eigenvalue weighted by molar-refractivity contribution is 9.11. The third-order valence-corrected chi connectivity index (χ3v) is 6.66. The number of H-pyrrole nitrogens is 1. The van der Waals surface area contributed by atoms with Gasteiger partial charge in [0, 0.05) is 0 Å². The predicted octanol–water partition coefficient (Wildman–Crippen LogP) is 2.49. The Balaban J connectivity index is 2.02. The van der Waals surface area contributed by atoms with Crippen LogP contribution < -0.4 is 10.4 Å². The summed E-state index contributed by atoms with van der Waals surface area (Å²) >= 11 is 4.37. The highest BCUT2D eigenvalue weighted by Gasteiger charge is 2.18. The van der Waals surface area contributed by atoms with Crippen molar-refractivity contribution < 1.29 is 8.42 Å². The summed E-state index contributed by atoms with van der Waals surface area (Å²) in [5.74, 6) is 0. The summed E-state index contributed by atoms with van der Waals surface area (Å²) in [4.78, 5) is 11.7. The second-order valence-electron chi connectivity index (χ2n) is 4.65. The van der Waals surface area contributed by atoms with E-state index in [0.29, 0.717) is 16.9 Å². The highest BCUT2D eigenvalue weighted by atomic mass is 79.9. The Morgan fingerprint density at radius 2 is 2.09 bits per heavy atom. The number of anilines is 1. The van der Waals surface area contributed by atoms with Crippen LogP contribution in [0.15, 0.2) is 49.4 Å². The van der Waals surface area contributed by atoms with Gasteiger partial charge in [-0.05, 0) is 52.7 Å². The molecule has 3 rings (SSSR count). The van der Waals surface area contributed by atoms with Crippen LogP contribution >= 0.6 is 27.3 Å². The molecule has 0 fully saturated rings. The van der Waals surface area contributed by atoms with Gasteiger partial charge in [0.15, 0.2) is 0 Å². The van der Waals surface area contributed by atoms with Crippen LogP contribution in [0.25, 0.3) is 5.69 Å². The summed E-state index contributed by atoms with van der Waals surface area (Å²) in [6, 6.07) is 8.23. The molecule has 23 heavy (non-hydrogen) atoms. The highest BCUT2D eigenvalue weighted by Crippen LogP contribution is 2.29.